The number of hydrogen-bond acceptors (Lipinski definition) is 3. The molecule has 2 heterocycles. The number of dihydropyridines is 1. The summed E-state index contributed by atoms with van der Waals surface area (Å²) >= 11 is 3.25. The Labute approximate surface area is 76.9 Å². The largest absolute Gasteiger partial charge is 0.278 e. The van der Waals surface area contributed by atoms with E-state index >= 15 is 0 Å². The number of amides is 1. The molecule has 0 saturated carbocycles. The number of fused-ring (bicyclic) bond motifs is 1. The molecule has 0 aromatic rings. The third-order valence-corrected chi connectivity index (χ3v) is 1.97. The lowest BCUT2D eigenvalue weighted by Crippen LogP contribution is -2.30. The topological polar surface area (TPSA) is 54.1 Å². The molecule has 0 N–H and O–H groups in total. The van der Waals surface area contributed by atoms with Crippen LogP contribution in [0.4, 0.5) is 0 Å². The summed E-state index contributed by atoms with van der Waals surface area (Å²) in [5.74, 6) is -0.257. The summed E-state index contributed by atoms with van der Waals surface area (Å²) < 4.78 is 0.820. The lowest BCUT2D eigenvalue weighted by Gasteiger charge is -2.14. The molecule has 1 amide bonds. The summed E-state index contributed by atoms with van der Waals surface area (Å²) in [6.45, 7) is 0. The minimum absolute atomic E-state index is 0.257. The minimum atomic E-state index is -0.517. The molecule has 0 bridgehead atoms. The molecule has 12 heavy (non-hydrogen) atoms. The molecule has 2 aliphatic heterocycles. The molecule has 1 atom stereocenters. The van der Waals surface area contributed by atoms with Crippen molar-refractivity contribution in [3.8, 4) is 0 Å². The van der Waals surface area contributed by atoms with Crippen LogP contribution in [0.3, 0.4) is 0 Å². The van der Waals surface area contributed by atoms with Crippen LogP contribution in [0.5, 0.6) is 0 Å². The Morgan fingerprint density at radius 1 is 1.50 bits per heavy atom. The number of hydrogen-bond donors (Lipinski definition) is 0. The fraction of sp³-hybridized carbons (Fsp3) is 0.143. The summed E-state index contributed by atoms with van der Waals surface area (Å²) in [7, 11) is 0. The summed E-state index contributed by atoms with van der Waals surface area (Å²) in [4.78, 5) is 22.5. The second-order valence-electron chi connectivity index (χ2n) is 2.35. The van der Waals surface area contributed by atoms with Gasteiger partial charge in [0.25, 0.3) is 5.91 Å². The Morgan fingerprint density at radius 3 is 3.17 bits per heavy atom. The summed E-state index contributed by atoms with van der Waals surface area (Å²) in [6.07, 6.45) is 4.61. The van der Waals surface area contributed by atoms with Crippen LogP contribution >= 0.6 is 15.9 Å². The highest BCUT2D eigenvalue weighted by atomic mass is 79.9. The summed E-state index contributed by atoms with van der Waals surface area (Å²) in [5, 5.41) is 0. The molecule has 0 spiro atoms. The van der Waals surface area contributed by atoms with Crippen LogP contribution in [0.25, 0.3) is 0 Å². The molecule has 60 valence electrons. The molecule has 0 aliphatic carbocycles. The predicted molar refractivity (Wildman–Crippen MR) is 50.2 cm³/mol. The number of carbonyl (C=O) groups is 1. The Morgan fingerprint density at radius 2 is 2.33 bits per heavy atom. The highest BCUT2D eigenvalue weighted by molar-refractivity contribution is 9.12. The van der Waals surface area contributed by atoms with Gasteiger partial charge in [-0.1, -0.05) is 0 Å². The number of allylic oxidation sites excluding steroid dienone is 1. The number of rotatable bonds is 0. The molecule has 0 aromatic heterocycles. The van der Waals surface area contributed by atoms with E-state index in [9.17, 15) is 4.79 Å². The molecular formula is C7H4BrN3O. The maximum atomic E-state index is 11.1. The average Bonchev–Trinajstić information content (AvgIpc) is 2.04. The highest BCUT2D eigenvalue weighted by Gasteiger charge is 2.25. The molecule has 0 radical (unpaired) electrons. The molecule has 2 rings (SSSR count). The van der Waals surface area contributed by atoms with Gasteiger partial charge in [-0.2, -0.15) is 4.99 Å². The van der Waals surface area contributed by atoms with Crippen molar-refractivity contribution in [3.05, 3.63) is 10.6 Å². The first-order valence-electron chi connectivity index (χ1n) is 3.32. The monoisotopic (exact) mass is 225 g/mol. The molecule has 4 nitrogen and oxygen atoms in total. The summed E-state index contributed by atoms with van der Waals surface area (Å²) in [5.41, 5.74) is 0.643. The highest BCUT2D eigenvalue weighted by Crippen LogP contribution is 2.14. The van der Waals surface area contributed by atoms with Crippen LogP contribution in [0.15, 0.2) is 25.5 Å². The van der Waals surface area contributed by atoms with Gasteiger partial charge in [0.15, 0.2) is 6.04 Å². The van der Waals surface area contributed by atoms with Gasteiger partial charge in [0.2, 0.25) is 0 Å². The number of nitrogens with zero attached hydrogens (tertiary/aromatic N) is 3. The first kappa shape index (κ1) is 7.54. The van der Waals surface area contributed by atoms with Gasteiger partial charge in [-0.05, 0) is 22.0 Å². The molecule has 0 saturated heterocycles. The first-order chi connectivity index (χ1) is 5.77. The first-order valence-corrected chi connectivity index (χ1v) is 4.11. The van der Waals surface area contributed by atoms with Crippen molar-refractivity contribution < 1.29 is 4.79 Å². The second-order valence-corrected chi connectivity index (χ2v) is 3.26. The van der Waals surface area contributed by atoms with Crippen molar-refractivity contribution in [2.24, 2.45) is 15.0 Å². The molecular weight excluding hydrogens is 222 g/mol. The fourth-order valence-corrected chi connectivity index (χ4v) is 1.35. The number of aliphatic imine (C=N–C) groups is 3. The normalized spacial score (nSPS) is 26.4. The van der Waals surface area contributed by atoms with E-state index in [1.54, 1.807) is 12.3 Å². The Balaban J connectivity index is 2.43. The van der Waals surface area contributed by atoms with Crippen molar-refractivity contribution in [2.45, 2.75) is 6.04 Å². The van der Waals surface area contributed by atoms with Gasteiger partial charge in [0, 0.05) is 10.7 Å². The lowest BCUT2D eigenvalue weighted by molar-refractivity contribution is -0.117. The quantitative estimate of drug-likeness (QED) is 0.600. The van der Waals surface area contributed by atoms with Crippen molar-refractivity contribution in [1.29, 1.82) is 0 Å². The smallest absolute Gasteiger partial charge is 0.272 e. The zero-order valence-electron chi connectivity index (χ0n) is 5.94. The van der Waals surface area contributed by atoms with E-state index in [4.69, 9.17) is 0 Å². The van der Waals surface area contributed by atoms with Gasteiger partial charge < -0.3 is 0 Å². The molecule has 1 unspecified atom stereocenters. The van der Waals surface area contributed by atoms with Crippen molar-refractivity contribution in [1.82, 2.24) is 0 Å². The van der Waals surface area contributed by atoms with Crippen LogP contribution in [0.1, 0.15) is 0 Å². The van der Waals surface area contributed by atoms with Crippen LogP contribution < -0.4 is 0 Å². The molecule has 0 aromatic carbocycles. The zero-order valence-corrected chi connectivity index (χ0v) is 7.52. The van der Waals surface area contributed by atoms with E-state index < -0.39 is 6.04 Å². The number of halogens is 1. The molecule has 0 fully saturated rings. The van der Waals surface area contributed by atoms with Crippen molar-refractivity contribution in [3.63, 3.8) is 0 Å². The zero-order chi connectivity index (χ0) is 8.55. The third kappa shape index (κ3) is 1.16. The maximum Gasteiger partial charge on any atom is 0.278 e. The van der Waals surface area contributed by atoms with Crippen LogP contribution in [-0.2, 0) is 4.79 Å². The summed E-state index contributed by atoms with van der Waals surface area (Å²) in [6, 6.07) is -0.517. The Hall–Kier alpha value is -1.10. The van der Waals surface area contributed by atoms with Crippen molar-refractivity contribution >= 4 is 40.1 Å². The van der Waals surface area contributed by atoms with Crippen LogP contribution in [0.2, 0.25) is 0 Å². The number of carbonyl (C=O) groups excluding carboxylic acids is 1. The van der Waals surface area contributed by atoms with E-state index in [1.165, 1.54) is 6.34 Å². The standard InChI is InChI=1S/C7H4BrN3O/c8-4-1-5-6(9-2-4)7(12)11-3-10-5/h1-3,6H. The SMILES string of the molecule is O=C1N=CN=C2C=C(Br)C=NC12. The molecule has 2 aliphatic rings. The van der Waals surface area contributed by atoms with Gasteiger partial charge in [-0.15, -0.1) is 0 Å². The van der Waals surface area contributed by atoms with E-state index in [1.807, 2.05) is 0 Å². The lowest BCUT2D eigenvalue weighted by atomic mass is 10.1. The van der Waals surface area contributed by atoms with Crippen LogP contribution in [-0.4, -0.2) is 30.2 Å². The van der Waals surface area contributed by atoms with Gasteiger partial charge in [-0.3, -0.25) is 9.79 Å². The maximum absolute atomic E-state index is 11.1. The van der Waals surface area contributed by atoms with E-state index in [0.29, 0.717) is 5.71 Å². The third-order valence-electron chi connectivity index (χ3n) is 1.54. The van der Waals surface area contributed by atoms with E-state index in [2.05, 4.69) is 30.9 Å². The fourth-order valence-electron chi connectivity index (χ4n) is 1.00. The van der Waals surface area contributed by atoms with Crippen LogP contribution in [0, 0.1) is 0 Å². The van der Waals surface area contributed by atoms with Gasteiger partial charge in [0.1, 0.15) is 6.34 Å². The van der Waals surface area contributed by atoms with Gasteiger partial charge in [-0.25, -0.2) is 4.99 Å². The van der Waals surface area contributed by atoms with Gasteiger partial charge >= 0.3 is 0 Å². The Kier molecular flexibility index (Phi) is 1.73. The predicted octanol–water partition coefficient (Wildman–Crippen LogP) is 0.728. The second kappa shape index (κ2) is 2.75. The van der Waals surface area contributed by atoms with Crippen molar-refractivity contribution in [2.75, 3.05) is 0 Å². The minimum Gasteiger partial charge on any atom is -0.272 e. The van der Waals surface area contributed by atoms with E-state index in [0.717, 1.165) is 4.48 Å². The Bertz CT molecular complexity index is 354. The molecule has 5 heteroatoms. The average molecular weight is 226 g/mol. The van der Waals surface area contributed by atoms with E-state index in [-0.39, 0.29) is 5.91 Å². The van der Waals surface area contributed by atoms with Gasteiger partial charge in [0.05, 0.1) is 5.71 Å².